The summed E-state index contributed by atoms with van der Waals surface area (Å²) < 4.78 is 27.9. The summed E-state index contributed by atoms with van der Waals surface area (Å²) in [6.07, 6.45) is 0. The van der Waals surface area contributed by atoms with Crippen LogP contribution in [0, 0.1) is 6.92 Å². The average Bonchev–Trinajstić information content (AvgIpc) is 2.57. The second-order valence-electron chi connectivity index (χ2n) is 5.21. The van der Waals surface area contributed by atoms with Crippen LogP contribution in [-0.2, 0) is 10.0 Å². The van der Waals surface area contributed by atoms with Crippen LogP contribution in [0.1, 0.15) is 5.56 Å². The standard InChI is InChI=1S/C19H17NO2S/c1-16-10-8-9-15-19(16)23(21,22)20(17-11-4-2-5-12-17)18-13-6-3-7-14-18/h2-15H,1H3. The molecule has 0 saturated carbocycles. The second kappa shape index (κ2) is 6.26. The smallest absolute Gasteiger partial charge is 0.235 e. The molecule has 0 heterocycles. The number of sulfonamides is 1. The summed E-state index contributed by atoms with van der Waals surface area (Å²) in [5, 5.41) is 0. The molecule has 3 rings (SSSR count). The van der Waals surface area contributed by atoms with Crippen LogP contribution < -0.4 is 4.31 Å². The van der Waals surface area contributed by atoms with Crippen LogP contribution in [0.5, 0.6) is 0 Å². The Kier molecular flexibility index (Phi) is 4.17. The first kappa shape index (κ1) is 15.3. The van der Waals surface area contributed by atoms with Crippen molar-refractivity contribution in [2.75, 3.05) is 4.31 Å². The van der Waals surface area contributed by atoms with Crippen molar-refractivity contribution in [2.45, 2.75) is 11.8 Å². The third-order valence-electron chi connectivity index (χ3n) is 3.59. The number of para-hydroxylation sites is 2. The van der Waals surface area contributed by atoms with Gasteiger partial charge in [-0.1, -0.05) is 54.6 Å². The van der Waals surface area contributed by atoms with E-state index in [9.17, 15) is 8.42 Å². The monoisotopic (exact) mass is 323 g/mol. The van der Waals surface area contributed by atoms with E-state index in [1.54, 1.807) is 49.4 Å². The Hall–Kier alpha value is -2.59. The molecule has 0 spiro atoms. The van der Waals surface area contributed by atoms with Gasteiger partial charge in [-0.3, -0.25) is 0 Å². The number of nitrogens with zero attached hydrogens (tertiary/aromatic N) is 1. The fourth-order valence-corrected chi connectivity index (χ4v) is 4.22. The van der Waals surface area contributed by atoms with Gasteiger partial charge in [0.05, 0.1) is 16.3 Å². The lowest BCUT2D eigenvalue weighted by Gasteiger charge is -2.25. The van der Waals surface area contributed by atoms with Gasteiger partial charge in [-0.2, -0.15) is 0 Å². The van der Waals surface area contributed by atoms with Gasteiger partial charge in [-0.15, -0.1) is 0 Å². The van der Waals surface area contributed by atoms with Crippen molar-refractivity contribution in [3.05, 3.63) is 90.5 Å². The summed E-state index contributed by atoms with van der Waals surface area (Å²) in [5.74, 6) is 0. The molecule has 116 valence electrons. The Bertz CT molecular complexity index is 851. The zero-order valence-electron chi connectivity index (χ0n) is 12.8. The molecule has 0 aromatic heterocycles. The van der Waals surface area contributed by atoms with Gasteiger partial charge >= 0.3 is 0 Å². The SMILES string of the molecule is Cc1ccccc1S(=O)(=O)N(c1ccccc1)c1ccccc1. The molecule has 0 bridgehead atoms. The summed E-state index contributed by atoms with van der Waals surface area (Å²) in [5.41, 5.74) is 1.95. The minimum atomic E-state index is -3.70. The Labute approximate surface area is 136 Å². The summed E-state index contributed by atoms with van der Waals surface area (Å²) in [7, 11) is -3.70. The molecule has 0 aliphatic heterocycles. The third-order valence-corrected chi connectivity index (χ3v) is 5.51. The maximum Gasteiger partial charge on any atom is 0.268 e. The number of anilines is 2. The molecule has 0 atom stereocenters. The molecule has 0 aliphatic carbocycles. The van der Waals surface area contributed by atoms with Gasteiger partial charge < -0.3 is 0 Å². The lowest BCUT2D eigenvalue weighted by molar-refractivity contribution is 0.595. The molecule has 0 radical (unpaired) electrons. The van der Waals surface area contributed by atoms with Gasteiger partial charge in [-0.25, -0.2) is 12.7 Å². The summed E-state index contributed by atoms with van der Waals surface area (Å²) >= 11 is 0. The first-order valence-corrected chi connectivity index (χ1v) is 8.76. The van der Waals surface area contributed by atoms with E-state index in [4.69, 9.17) is 0 Å². The molecule has 0 fully saturated rings. The van der Waals surface area contributed by atoms with Crippen LogP contribution >= 0.6 is 0 Å². The Morgan fingerprint density at radius 2 is 1.09 bits per heavy atom. The predicted octanol–water partition coefficient (Wildman–Crippen LogP) is 4.52. The van der Waals surface area contributed by atoms with E-state index >= 15 is 0 Å². The van der Waals surface area contributed by atoms with Crippen LogP contribution in [0.25, 0.3) is 0 Å². The molecule has 0 unspecified atom stereocenters. The number of hydrogen-bond acceptors (Lipinski definition) is 2. The van der Waals surface area contributed by atoms with Crippen molar-refractivity contribution in [1.82, 2.24) is 0 Å². The maximum atomic E-state index is 13.3. The van der Waals surface area contributed by atoms with Gasteiger partial charge in [0.15, 0.2) is 0 Å². The predicted molar refractivity (Wildman–Crippen MR) is 93.4 cm³/mol. The molecule has 4 heteroatoms. The molecule has 3 aromatic rings. The quantitative estimate of drug-likeness (QED) is 0.708. The highest BCUT2D eigenvalue weighted by Crippen LogP contribution is 2.32. The van der Waals surface area contributed by atoms with Crippen molar-refractivity contribution in [2.24, 2.45) is 0 Å². The Balaban J connectivity index is 2.22. The van der Waals surface area contributed by atoms with Crippen LogP contribution in [0.4, 0.5) is 11.4 Å². The minimum absolute atomic E-state index is 0.313. The normalized spacial score (nSPS) is 11.2. The largest absolute Gasteiger partial charge is 0.268 e. The average molecular weight is 323 g/mol. The Morgan fingerprint density at radius 1 is 0.652 bits per heavy atom. The van der Waals surface area contributed by atoms with E-state index < -0.39 is 10.0 Å². The fourth-order valence-electron chi connectivity index (χ4n) is 2.50. The molecule has 23 heavy (non-hydrogen) atoms. The molecule has 3 aromatic carbocycles. The van der Waals surface area contributed by atoms with Gasteiger partial charge in [0.25, 0.3) is 10.0 Å². The van der Waals surface area contributed by atoms with E-state index in [1.165, 1.54) is 4.31 Å². The number of rotatable bonds is 4. The molecule has 3 nitrogen and oxygen atoms in total. The molecular weight excluding hydrogens is 306 g/mol. The number of aryl methyl sites for hydroxylation is 1. The van der Waals surface area contributed by atoms with Gasteiger partial charge in [-0.05, 0) is 42.8 Å². The van der Waals surface area contributed by atoms with E-state index in [0.717, 1.165) is 5.56 Å². The van der Waals surface area contributed by atoms with E-state index in [0.29, 0.717) is 16.3 Å². The van der Waals surface area contributed by atoms with Crippen molar-refractivity contribution < 1.29 is 8.42 Å². The lowest BCUT2D eigenvalue weighted by Crippen LogP contribution is -2.26. The van der Waals surface area contributed by atoms with Gasteiger partial charge in [0, 0.05) is 0 Å². The van der Waals surface area contributed by atoms with Crippen LogP contribution in [0.15, 0.2) is 89.8 Å². The van der Waals surface area contributed by atoms with Gasteiger partial charge in [0.1, 0.15) is 0 Å². The topological polar surface area (TPSA) is 37.4 Å². The highest BCUT2D eigenvalue weighted by Gasteiger charge is 2.27. The van der Waals surface area contributed by atoms with Crippen molar-refractivity contribution in [1.29, 1.82) is 0 Å². The van der Waals surface area contributed by atoms with Gasteiger partial charge in [0.2, 0.25) is 0 Å². The highest BCUT2D eigenvalue weighted by atomic mass is 32.2. The highest BCUT2D eigenvalue weighted by molar-refractivity contribution is 7.93. The van der Waals surface area contributed by atoms with E-state index in [1.807, 2.05) is 42.5 Å². The van der Waals surface area contributed by atoms with Crippen LogP contribution in [-0.4, -0.2) is 8.42 Å². The molecular formula is C19H17NO2S. The van der Waals surface area contributed by atoms with Crippen molar-refractivity contribution >= 4 is 21.4 Å². The number of hydrogen-bond donors (Lipinski definition) is 0. The molecule has 0 saturated heterocycles. The molecule has 0 aliphatic rings. The minimum Gasteiger partial charge on any atom is -0.235 e. The first-order valence-electron chi connectivity index (χ1n) is 7.32. The maximum absolute atomic E-state index is 13.3. The molecule has 0 amide bonds. The first-order chi connectivity index (χ1) is 11.1. The number of benzene rings is 3. The van der Waals surface area contributed by atoms with Crippen LogP contribution in [0.3, 0.4) is 0 Å². The van der Waals surface area contributed by atoms with Crippen molar-refractivity contribution in [3.63, 3.8) is 0 Å². The van der Waals surface area contributed by atoms with Crippen molar-refractivity contribution in [3.8, 4) is 0 Å². The zero-order valence-corrected chi connectivity index (χ0v) is 13.6. The molecule has 0 N–H and O–H groups in total. The summed E-state index contributed by atoms with van der Waals surface area (Å²) in [6, 6.07) is 25.3. The van der Waals surface area contributed by atoms with Crippen LogP contribution in [0.2, 0.25) is 0 Å². The fraction of sp³-hybridized carbons (Fsp3) is 0.0526. The third kappa shape index (κ3) is 2.98. The summed E-state index contributed by atoms with van der Waals surface area (Å²) in [4.78, 5) is 0.313. The Morgan fingerprint density at radius 3 is 1.57 bits per heavy atom. The lowest BCUT2D eigenvalue weighted by atomic mass is 10.2. The van der Waals surface area contributed by atoms with E-state index in [-0.39, 0.29) is 0 Å². The summed E-state index contributed by atoms with van der Waals surface area (Å²) in [6.45, 7) is 1.81. The second-order valence-corrected chi connectivity index (χ2v) is 6.96. The zero-order chi connectivity index (χ0) is 16.3. The van der Waals surface area contributed by atoms with E-state index in [2.05, 4.69) is 0 Å².